The smallest absolute Gasteiger partial charge is 0.357 e. The fourth-order valence-corrected chi connectivity index (χ4v) is 5.89. The topological polar surface area (TPSA) is 151 Å². The second-order valence-electron chi connectivity index (χ2n) is 9.37. The van der Waals surface area contributed by atoms with E-state index < -0.39 is 41.5 Å². The van der Waals surface area contributed by atoms with Crippen molar-refractivity contribution < 1.29 is 28.7 Å². The Morgan fingerprint density at radius 3 is 2.59 bits per heavy atom. The van der Waals surface area contributed by atoms with E-state index in [4.69, 9.17) is 9.47 Å². The van der Waals surface area contributed by atoms with Crippen molar-refractivity contribution in [2.75, 3.05) is 18.3 Å². The van der Waals surface area contributed by atoms with Crippen LogP contribution in [0.25, 0.3) is 0 Å². The molecule has 2 aliphatic heterocycles. The van der Waals surface area contributed by atoms with Crippen molar-refractivity contribution in [2.24, 2.45) is 12.5 Å². The molecule has 2 unspecified atom stereocenters. The van der Waals surface area contributed by atoms with E-state index in [1.807, 2.05) is 0 Å². The van der Waals surface area contributed by atoms with Gasteiger partial charge in [-0.15, -0.1) is 16.9 Å². The van der Waals surface area contributed by atoms with E-state index in [9.17, 15) is 19.2 Å². The van der Waals surface area contributed by atoms with Crippen LogP contribution in [0.3, 0.4) is 0 Å². The number of aryl methyl sites for hydroxylation is 1. The van der Waals surface area contributed by atoms with Crippen LogP contribution in [0.4, 0.5) is 0 Å². The summed E-state index contributed by atoms with van der Waals surface area (Å²) in [6, 6.07) is 2.84. The van der Waals surface area contributed by atoms with Crippen molar-refractivity contribution in [2.45, 2.75) is 43.9 Å². The van der Waals surface area contributed by atoms with Crippen molar-refractivity contribution >= 4 is 47.3 Å². The van der Waals surface area contributed by atoms with Crippen LogP contribution in [0.2, 0.25) is 0 Å². The summed E-state index contributed by atoms with van der Waals surface area (Å²) in [4.78, 5) is 52.1. The minimum absolute atomic E-state index is 0.0751. The van der Waals surface area contributed by atoms with Crippen LogP contribution in [0.15, 0.2) is 41.0 Å². The van der Waals surface area contributed by atoms with Crippen LogP contribution >= 0.6 is 23.5 Å². The maximum Gasteiger partial charge on any atom is 0.357 e. The number of carbonyl (C=O) groups is 4. The molecule has 37 heavy (non-hydrogen) atoms. The number of fused-ring (bicyclic) bond motifs is 1. The Balaban J connectivity index is 1.47. The molecule has 0 aliphatic carbocycles. The molecule has 1 saturated heterocycles. The first-order valence-corrected chi connectivity index (χ1v) is 13.4. The number of thioether (sulfide) groups is 2. The summed E-state index contributed by atoms with van der Waals surface area (Å²) < 4.78 is 13.5. The highest BCUT2D eigenvalue weighted by Gasteiger charge is 2.54. The van der Waals surface area contributed by atoms with E-state index in [0.717, 1.165) is 0 Å². The molecule has 15 heteroatoms. The van der Waals surface area contributed by atoms with Gasteiger partial charge in [0.1, 0.15) is 23.7 Å². The average Bonchev–Trinajstić information content (AvgIpc) is 3.51. The van der Waals surface area contributed by atoms with Crippen LogP contribution in [0.1, 0.15) is 20.8 Å². The van der Waals surface area contributed by atoms with Crippen molar-refractivity contribution in [3.05, 3.63) is 35.8 Å². The first kappa shape index (κ1) is 26.7. The number of ether oxygens (including phenoxy) is 2. The number of nitrogens with one attached hydrogen (secondary N) is 1. The van der Waals surface area contributed by atoms with Gasteiger partial charge in [0.25, 0.3) is 5.91 Å². The van der Waals surface area contributed by atoms with E-state index in [1.54, 1.807) is 56.9 Å². The number of rotatable bonds is 9. The number of esters is 2. The molecule has 0 saturated carbocycles. The summed E-state index contributed by atoms with van der Waals surface area (Å²) in [5.41, 5.74) is -0.0325. The third kappa shape index (κ3) is 5.98. The molecule has 1 N–H and O–H groups in total. The first-order valence-electron chi connectivity index (χ1n) is 11.3. The molecule has 2 aliphatic rings. The molecule has 2 atom stereocenters. The lowest BCUT2D eigenvalue weighted by Gasteiger charge is -2.49. The second-order valence-corrected chi connectivity index (χ2v) is 11.4. The number of amides is 2. The molecule has 1 fully saturated rings. The van der Waals surface area contributed by atoms with E-state index in [0.29, 0.717) is 22.2 Å². The predicted molar refractivity (Wildman–Crippen MR) is 133 cm³/mol. The lowest BCUT2D eigenvalue weighted by molar-refractivity contribution is -0.173. The van der Waals surface area contributed by atoms with E-state index in [-0.39, 0.29) is 18.1 Å². The number of β-lactam (4-membered cyclic amide) rings is 1. The molecule has 4 rings (SSSR count). The zero-order valence-electron chi connectivity index (χ0n) is 20.7. The summed E-state index contributed by atoms with van der Waals surface area (Å²) in [5, 5.41) is 14.2. The number of nitrogens with zero attached hydrogens (tertiary/aromatic N) is 6. The van der Waals surface area contributed by atoms with Crippen LogP contribution in [0, 0.1) is 5.41 Å². The van der Waals surface area contributed by atoms with Gasteiger partial charge in [0, 0.05) is 30.9 Å². The third-order valence-electron chi connectivity index (χ3n) is 5.50. The van der Waals surface area contributed by atoms with Gasteiger partial charge in [-0.2, -0.15) is 0 Å². The molecule has 2 aromatic rings. The lowest BCUT2D eigenvalue weighted by Crippen LogP contribution is -2.70. The molecule has 0 spiro atoms. The molecule has 4 heterocycles. The Hall–Kier alpha value is -3.33. The molecule has 2 amide bonds. The van der Waals surface area contributed by atoms with Crippen LogP contribution < -0.4 is 5.32 Å². The van der Waals surface area contributed by atoms with Gasteiger partial charge in [-0.3, -0.25) is 19.3 Å². The summed E-state index contributed by atoms with van der Waals surface area (Å²) in [6.07, 6.45) is 3.51. The summed E-state index contributed by atoms with van der Waals surface area (Å²) in [5.74, 6) is -1.29. The van der Waals surface area contributed by atoms with Gasteiger partial charge in [-0.1, -0.05) is 11.8 Å². The number of hydrogen-bond acceptors (Lipinski definition) is 11. The minimum atomic E-state index is -0.788. The van der Waals surface area contributed by atoms with E-state index >= 15 is 0 Å². The van der Waals surface area contributed by atoms with Gasteiger partial charge in [-0.25, -0.2) is 9.48 Å². The maximum atomic E-state index is 13.1. The summed E-state index contributed by atoms with van der Waals surface area (Å²) in [7, 11) is 1.70. The van der Waals surface area contributed by atoms with Crippen LogP contribution in [0.5, 0.6) is 0 Å². The number of hydrogen-bond donors (Lipinski definition) is 1. The quantitative estimate of drug-likeness (QED) is 0.202. The zero-order valence-corrected chi connectivity index (χ0v) is 22.4. The normalized spacial score (nSPS) is 19.2. The van der Waals surface area contributed by atoms with Gasteiger partial charge in [0.2, 0.25) is 17.9 Å². The van der Waals surface area contributed by atoms with Gasteiger partial charge < -0.3 is 19.4 Å². The van der Waals surface area contributed by atoms with Gasteiger partial charge in [-0.05, 0) is 48.9 Å². The van der Waals surface area contributed by atoms with Gasteiger partial charge in [0.05, 0.1) is 5.41 Å². The van der Waals surface area contributed by atoms with Gasteiger partial charge >= 0.3 is 11.9 Å². The van der Waals surface area contributed by atoms with E-state index in [2.05, 4.69) is 20.8 Å². The second kappa shape index (κ2) is 11.0. The summed E-state index contributed by atoms with van der Waals surface area (Å²) >= 11 is 2.75. The number of aromatic nitrogens is 5. The highest BCUT2D eigenvalue weighted by molar-refractivity contribution is 8.01. The number of carbonyl (C=O) groups excluding carboxylic acids is 4. The fraction of sp³-hybridized carbons (Fsp3) is 0.500. The Kier molecular flexibility index (Phi) is 7.92. The van der Waals surface area contributed by atoms with Crippen molar-refractivity contribution in [3.8, 4) is 0 Å². The Morgan fingerprint density at radius 2 is 1.95 bits per heavy atom. The molecule has 0 aromatic carbocycles. The zero-order chi connectivity index (χ0) is 26.7. The van der Waals surface area contributed by atoms with Crippen molar-refractivity contribution in [3.63, 3.8) is 0 Å². The molecule has 0 bridgehead atoms. The van der Waals surface area contributed by atoms with Crippen molar-refractivity contribution in [1.82, 2.24) is 35.0 Å². The Labute approximate surface area is 221 Å². The molecule has 13 nitrogen and oxygen atoms in total. The Morgan fingerprint density at radius 1 is 1.22 bits per heavy atom. The Bertz CT molecular complexity index is 1220. The van der Waals surface area contributed by atoms with Crippen LogP contribution in [-0.4, -0.2) is 83.1 Å². The highest BCUT2D eigenvalue weighted by Crippen LogP contribution is 2.41. The number of tetrazole rings is 1. The largest absolute Gasteiger partial charge is 0.427 e. The standard InChI is InChI=1S/C22H27N7O6S2/c1-22(2,3)20(33)35-12-34-19(32)16-13(11-37-21-24-25-26-27(21)4)10-36-18-15(17(31)29(16)18)23-14(30)9-28-7-5-6-8-28/h5-8,15,18H,9-12H2,1-4H3,(H,23,30). The molecular weight excluding hydrogens is 522 g/mol. The monoisotopic (exact) mass is 549 g/mol. The highest BCUT2D eigenvalue weighted by atomic mass is 32.2. The SMILES string of the molecule is Cn1nnnc1SCC1=C(C(=O)OCOC(=O)C(C)(C)C)N2C(=O)C(NC(=O)Cn3cccc3)C2SC1. The molecule has 198 valence electrons. The fourth-order valence-electron chi connectivity index (χ4n) is 3.56. The molecule has 2 aromatic heterocycles. The molecule has 0 radical (unpaired) electrons. The maximum absolute atomic E-state index is 13.1. The van der Waals surface area contributed by atoms with Crippen molar-refractivity contribution in [1.29, 1.82) is 0 Å². The lowest BCUT2D eigenvalue weighted by atomic mass is 9.98. The van der Waals surface area contributed by atoms with Crippen LogP contribution in [-0.2, 0) is 42.2 Å². The molecular formula is C22H27N7O6S2. The summed E-state index contributed by atoms with van der Waals surface area (Å²) in [6.45, 7) is 4.54. The van der Waals surface area contributed by atoms with Gasteiger partial charge in [0.15, 0.2) is 0 Å². The van der Waals surface area contributed by atoms with E-state index in [1.165, 1.54) is 33.1 Å². The third-order valence-corrected chi connectivity index (χ3v) is 7.94. The average molecular weight is 550 g/mol. The minimum Gasteiger partial charge on any atom is -0.427 e. The predicted octanol–water partition coefficient (Wildman–Crippen LogP) is 0.548. The first-order chi connectivity index (χ1) is 17.6.